The van der Waals surface area contributed by atoms with E-state index in [4.69, 9.17) is 10.5 Å². The number of benzene rings is 1. The molecule has 11 nitrogen and oxygen atoms in total. The SMILES string of the molecule is CN(C[C@H]1O[C@@H](n2cnc3c(N)ccnc32)C(O)C1O)CC(C)(C)CNC(=O)Nc1ccc(C(C)(C)C)cc1. The van der Waals surface area contributed by atoms with Gasteiger partial charge in [0.1, 0.15) is 23.8 Å². The van der Waals surface area contributed by atoms with Crippen LogP contribution >= 0.6 is 0 Å². The normalized spacial score (nSPS) is 22.0. The van der Waals surface area contributed by atoms with Crippen LogP contribution in [0.4, 0.5) is 16.2 Å². The molecular weight excluding hydrogens is 498 g/mol. The highest BCUT2D eigenvalue weighted by atomic mass is 16.6. The topological polar surface area (TPSA) is 151 Å². The van der Waals surface area contributed by atoms with Gasteiger partial charge in [-0.25, -0.2) is 14.8 Å². The van der Waals surface area contributed by atoms with Crippen molar-refractivity contribution in [2.45, 2.75) is 64.6 Å². The van der Waals surface area contributed by atoms with E-state index < -0.39 is 24.5 Å². The molecule has 4 atom stereocenters. The predicted octanol–water partition coefficient (Wildman–Crippen LogP) is 2.71. The predicted molar refractivity (Wildman–Crippen MR) is 151 cm³/mol. The van der Waals surface area contributed by atoms with Gasteiger partial charge in [0.2, 0.25) is 0 Å². The van der Waals surface area contributed by atoms with E-state index in [1.165, 1.54) is 11.9 Å². The molecule has 2 aromatic heterocycles. The summed E-state index contributed by atoms with van der Waals surface area (Å²) in [5.41, 5.74) is 9.17. The molecule has 0 radical (unpaired) electrons. The highest BCUT2D eigenvalue weighted by Gasteiger charge is 2.44. The zero-order chi connectivity index (χ0) is 28.5. The summed E-state index contributed by atoms with van der Waals surface area (Å²) in [4.78, 5) is 23.1. The van der Waals surface area contributed by atoms with Crippen molar-refractivity contribution in [3.63, 3.8) is 0 Å². The van der Waals surface area contributed by atoms with Crippen molar-refractivity contribution < 1.29 is 19.7 Å². The molecule has 1 aromatic carbocycles. The Morgan fingerprint density at radius 2 is 1.79 bits per heavy atom. The van der Waals surface area contributed by atoms with Crippen molar-refractivity contribution in [1.82, 2.24) is 24.8 Å². The minimum absolute atomic E-state index is 0.0506. The monoisotopic (exact) mass is 539 g/mol. The van der Waals surface area contributed by atoms with Gasteiger partial charge in [-0.3, -0.25) is 4.57 Å². The second-order valence-corrected chi connectivity index (χ2v) is 12.3. The van der Waals surface area contributed by atoms with Gasteiger partial charge in [0, 0.05) is 31.5 Å². The fraction of sp³-hybridized carbons (Fsp3) is 0.536. The average molecular weight is 540 g/mol. The molecule has 0 saturated carbocycles. The van der Waals surface area contributed by atoms with Crippen molar-refractivity contribution in [1.29, 1.82) is 0 Å². The Hall–Kier alpha value is -3.25. The molecule has 3 heterocycles. The van der Waals surface area contributed by atoms with Gasteiger partial charge in [0.25, 0.3) is 0 Å². The number of hydrogen-bond acceptors (Lipinski definition) is 8. The standard InChI is InChI=1S/C28H41N7O4/c1-27(2,3)17-7-9-18(10-8-17)33-26(38)31-14-28(4,5)15-34(6)13-20-22(36)23(37)25(39-20)35-16-32-21-19(29)11-12-30-24(21)35/h7-12,16,20,22-23,25,36-37H,13-15H2,1-6H3,(H2,29,30)(H2,31,33,38)/t20-,22?,23?,25-/m1/s1. The van der Waals surface area contributed by atoms with Crippen molar-refractivity contribution in [3.8, 4) is 0 Å². The van der Waals surface area contributed by atoms with Crippen LogP contribution < -0.4 is 16.4 Å². The second kappa shape index (κ2) is 11.1. The largest absolute Gasteiger partial charge is 0.397 e. The van der Waals surface area contributed by atoms with E-state index in [0.29, 0.717) is 36.5 Å². The van der Waals surface area contributed by atoms with Gasteiger partial charge >= 0.3 is 6.03 Å². The minimum atomic E-state index is -1.15. The lowest BCUT2D eigenvalue weighted by Crippen LogP contribution is -2.45. The van der Waals surface area contributed by atoms with Gasteiger partial charge in [-0.2, -0.15) is 0 Å². The molecule has 212 valence electrons. The van der Waals surface area contributed by atoms with Crippen LogP contribution in [0.2, 0.25) is 0 Å². The number of hydrogen-bond donors (Lipinski definition) is 5. The van der Waals surface area contributed by atoms with E-state index in [0.717, 1.165) is 5.69 Å². The fourth-order valence-electron chi connectivity index (χ4n) is 4.96. The highest BCUT2D eigenvalue weighted by molar-refractivity contribution is 5.89. The van der Waals surface area contributed by atoms with Gasteiger partial charge < -0.3 is 36.2 Å². The van der Waals surface area contributed by atoms with E-state index in [1.54, 1.807) is 16.8 Å². The lowest BCUT2D eigenvalue weighted by atomic mass is 9.87. The van der Waals surface area contributed by atoms with Gasteiger partial charge in [-0.05, 0) is 41.6 Å². The van der Waals surface area contributed by atoms with Gasteiger partial charge in [-0.1, -0.05) is 46.8 Å². The Morgan fingerprint density at radius 1 is 1.10 bits per heavy atom. The number of imidazole rings is 1. The third-order valence-corrected chi connectivity index (χ3v) is 7.03. The first-order chi connectivity index (χ1) is 18.2. The Morgan fingerprint density at radius 3 is 2.46 bits per heavy atom. The molecule has 1 saturated heterocycles. The Labute approximate surface area is 229 Å². The first-order valence-corrected chi connectivity index (χ1v) is 13.2. The number of rotatable bonds is 8. The molecule has 0 aliphatic carbocycles. The number of aromatic nitrogens is 3. The Balaban J connectivity index is 1.29. The summed E-state index contributed by atoms with van der Waals surface area (Å²) in [5.74, 6) is 0. The number of amides is 2. The van der Waals surface area contributed by atoms with E-state index in [1.807, 2.05) is 36.2 Å². The zero-order valence-electron chi connectivity index (χ0n) is 23.5. The van der Waals surface area contributed by atoms with E-state index in [2.05, 4.69) is 55.2 Å². The molecule has 0 bridgehead atoms. The summed E-state index contributed by atoms with van der Waals surface area (Å²) in [6, 6.07) is 9.25. The van der Waals surface area contributed by atoms with Crippen LogP contribution in [0.1, 0.15) is 46.4 Å². The fourth-order valence-corrected chi connectivity index (χ4v) is 4.96. The lowest BCUT2D eigenvalue weighted by molar-refractivity contribution is -0.0441. The number of likely N-dealkylation sites (N-methyl/N-ethyl adjacent to an activating group) is 1. The molecule has 1 fully saturated rings. The number of urea groups is 1. The number of nitrogens with zero attached hydrogens (tertiary/aromatic N) is 4. The maximum atomic E-state index is 12.5. The van der Waals surface area contributed by atoms with Crippen LogP contribution in [0.25, 0.3) is 11.2 Å². The second-order valence-electron chi connectivity index (χ2n) is 12.3. The Bertz CT molecular complexity index is 1290. The summed E-state index contributed by atoms with van der Waals surface area (Å²) < 4.78 is 7.68. The van der Waals surface area contributed by atoms with E-state index in [-0.39, 0.29) is 16.9 Å². The van der Waals surface area contributed by atoms with Crippen LogP contribution in [0.5, 0.6) is 0 Å². The number of pyridine rings is 1. The number of nitrogens with two attached hydrogens (primary N) is 1. The molecule has 39 heavy (non-hydrogen) atoms. The number of carbonyl (C=O) groups is 1. The first-order valence-electron chi connectivity index (χ1n) is 13.2. The minimum Gasteiger partial charge on any atom is -0.397 e. The molecule has 3 aromatic rings. The van der Waals surface area contributed by atoms with Gasteiger partial charge in [-0.15, -0.1) is 0 Å². The molecule has 1 aliphatic heterocycles. The summed E-state index contributed by atoms with van der Waals surface area (Å²) in [7, 11) is 1.92. The van der Waals surface area contributed by atoms with Crippen LogP contribution in [-0.2, 0) is 10.2 Å². The van der Waals surface area contributed by atoms with Crippen molar-refractivity contribution in [3.05, 3.63) is 48.4 Å². The van der Waals surface area contributed by atoms with Crippen LogP contribution in [0.15, 0.2) is 42.9 Å². The van der Waals surface area contributed by atoms with Gasteiger partial charge in [0.05, 0.1) is 12.0 Å². The Kier molecular flexibility index (Phi) is 8.17. The molecule has 2 amide bonds. The number of fused-ring (bicyclic) bond motifs is 1. The number of anilines is 2. The van der Waals surface area contributed by atoms with Crippen molar-refractivity contribution >= 4 is 28.6 Å². The number of carbonyl (C=O) groups excluding carboxylic acids is 1. The summed E-state index contributed by atoms with van der Waals surface area (Å²) in [6.07, 6.45) is -0.630. The highest BCUT2D eigenvalue weighted by Crippen LogP contribution is 2.33. The number of ether oxygens (including phenoxy) is 1. The van der Waals surface area contributed by atoms with Crippen LogP contribution in [0, 0.1) is 5.41 Å². The number of nitrogens with one attached hydrogen (secondary N) is 2. The van der Waals surface area contributed by atoms with Crippen LogP contribution in [-0.4, -0.2) is 80.7 Å². The third kappa shape index (κ3) is 6.67. The number of aliphatic hydroxyl groups excluding tert-OH is 2. The smallest absolute Gasteiger partial charge is 0.319 e. The first kappa shape index (κ1) is 28.8. The molecular formula is C28H41N7O4. The van der Waals surface area contributed by atoms with E-state index in [9.17, 15) is 15.0 Å². The molecule has 0 spiro atoms. The van der Waals surface area contributed by atoms with Gasteiger partial charge in [0.15, 0.2) is 11.9 Å². The summed E-state index contributed by atoms with van der Waals surface area (Å²) in [5, 5.41) is 27.3. The van der Waals surface area contributed by atoms with Crippen molar-refractivity contribution in [2.75, 3.05) is 37.7 Å². The molecule has 4 rings (SSSR count). The molecule has 2 unspecified atom stereocenters. The summed E-state index contributed by atoms with van der Waals surface area (Å²) >= 11 is 0. The molecule has 1 aliphatic rings. The number of aliphatic hydroxyl groups is 2. The van der Waals surface area contributed by atoms with Crippen LogP contribution in [0.3, 0.4) is 0 Å². The maximum Gasteiger partial charge on any atom is 0.319 e. The maximum absolute atomic E-state index is 12.5. The van der Waals surface area contributed by atoms with E-state index >= 15 is 0 Å². The average Bonchev–Trinajstić information content (AvgIpc) is 3.40. The number of nitrogen functional groups attached to an aromatic ring is 1. The van der Waals surface area contributed by atoms with Crippen molar-refractivity contribution in [2.24, 2.45) is 5.41 Å². The molecule has 11 heteroatoms. The third-order valence-electron chi connectivity index (χ3n) is 7.03. The summed E-state index contributed by atoms with van der Waals surface area (Å²) in [6.45, 7) is 12.0. The molecule has 6 N–H and O–H groups in total. The quantitative estimate of drug-likeness (QED) is 0.293. The lowest BCUT2D eigenvalue weighted by Gasteiger charge is -2.32. The zero-order valence-corrected chi connectivity index (χ0v) is 23.5.